The largest absolute Gasteiger partial charge is 0.494 e. The zero-order valence-electron chi connectivity index (χ0n) is 11.6. The van der Waals surface area contributed by atoms with E-state index in [1.165, 1.54) is 17.5 Å². The number of halogens is 3. The van der Waals surface area contributed by atoms with Crippen LogP contribution in [0.25, 0.3) is 0 Å². The molecule has 0 spiro atoms. The Morgan fingerprint density at radius 2 is 2.14 bits per heavy atom. The Kier molecular flexibility index (Phi) is 6.77. The van der Waals surface area contributed by atoms with Crippen molar-refractivity contribution < 1.29 is 13.2 Å². The number of hydrogen-bond acceptors (Lipinski definition) is 4. The summed E-state index contributed by atoms with van der Waals surface area (Å²) in [6.45, 7) is 3.44. The highest BCUT2D eigenvalue weighted by molar-refractivity contribution is 9.10. The summed E-state index contributed by atoms with van der Waals surface area (Å²) in [6, 6.07) is 3.15. The minimum Gasteiger partial charge on any atom is -0.494 e. The van der Waals surface area contributed by atoms with Crippen LogP contribution in [0.1, 0.15) is 6.92 Å². The monoisotopic (exact) mass is 418 g/mol. The quantitative estimate of drug-likeness (QED) is 0.817. The van der Waals surface area contributed by atoms with Gasteiger partial charge < -0.3 is 10.1 Å². The number of rotatable bonds is 3. The summed E-state index contributed by atoms with van der Waals surface area (Å²) in [6.07, 6.45) is 0. The molecule has 0 aromatic heterocycles. The second-order valence-corrected chi connectivity index (χ2v) is 7.83. The second kappa shape index (κ2) is 7.48. The van der Waals surface area contributed by atoms with Crippen LogP contribution in [-0.2, 0) is 10.0 Å². The predicted octanol–water partition coefficient (Wildman–Crippen LogP) is 2.52. The molecule has 9 heteroatoms. The molecule has 1 fully saturated rings. The first-order valence-electron chi connectivity index (χ1n) is 6.13. The molecule has 1 aromatic rings. The predicted molar refractivity (Wildman–Crippen MR) is 89.2 cm³/mol. The van der Waals surface area contributed by atoms with Crippen molar-refractivity contribution in [2.45, 2.75) is 17.9 Å². The molecule has 1 aromatic carbocycles. The summed E-state index contributed by atoms with van der Waals surface area (Å²) >= 11 is 9.25. The summed E-state index contributed by atoms with van der Waals surface area (Å²) in [4.78, 5) is 0.0912. The molecule has 5 nitrogen and oxygen atoms in total. The third kappa shape index (κ3) is 4.03. The highest BCUT2D eigenvalue weighted by atomic mass is 79.9. The van der Waals surface area contributed by atoms with Crippen LogP contribution >= 0.6 is 39.9 Å². The number of sulfonamides is 1. The molecule has 120 valence electrons. The van der Waals surface area contributed by atoms with E-state index >= 15 is 0 Å². The van der Waals surface area contributed by atoms with Gasteiger partial charge in [0.2, 0.25) is 10.0 Å². The lowest BCUT2D eigenvalue weighted by Gasteiger charge is -2.31. The molecule has 0 amide bonds. The molecular weight excluding hydrogens is 403 g/mol. The molecule has 21 heavy (non-hydrogen) atoms. The van der Waals surface area contributed by atoms with Crippen molar-refractivity contribution in [3.05, 3.63) is 21.6 Å². The molecule has 0 unspecified atom stereocenters. The molecule has 1 saturated heterocycles. The van der Waals surface area contributed by atoms with Gasteiger partial charge in [-0.3, -0.25) is 0 Å². The molecule has 0 bridgehead atoms. The van der Waals surface area contributed by atoms with Crippen molar-refractivity contribution >= 4 is 50.0 Å². The number of piperazine rings is 1. The molecule has 1 atom stereocenters. The molecule has 0 radical (unpaired) electrons. The van der Waals surface area contributed by atoms with Gasteiger partial charge in [0.05, 0.1) is 11.6 Å². The van der Waals surface area contributed by atoms with Crippen molar-refractivity contribution in [1.82, 2.24) is 9.62 Å². The van der Waals surface area contributed by atoms with Crippen LogP contribution in [0.4, 0.5) is 0 Å². The Labute approximate surface area is 144 Å². The van der Waals surface area contributed by atoms with Crippen LogP contribution in [-0.4, -0.2) is 45.5 Å². The fourth-order valence-corrected chi connectivity index (χ4v) is 5.08. The number of methoxy groups -OCH3 is 1. The van der Waals surface area contributed by atoms with Crippen molar-refractivity contribution in [1.29, 1.82) is 0 Å². The number of hydrogen-bond donors (Lipinski definition) is 1. The minimum atomic E-state index is -3.63. The Balaban J connectivity index is 0.00000220. The first-order chi connectivity index (χ1) is 9.36. The molecule has 1 N–H and O–H groups in total. The van der Waals surface area contributed by atoms with Gasteiger partial charge in [0.25, 0.3) is 0 Å². The van der Waals surface area contributed by atoms with E-state index in [1.807, 2.05) is 6.92 Å². The summed E-state index contributed by atoms with van der Waals surface area (Å²) in [5.41, 5.74) is 0. The summed E-state index contributed by atoms with van der Waals surface area (Å²) in [5, 5.41) is 3.56. The van der Waals surface area contributed by atoms with Crippen molar-refractivity contribution in [3.63, 3.8) is 0 Å². The molecule has 1 heterocycles. The summed E-state index contributed by atoms with van der Waals surface area (Å²) in [5.74, 6) is 0.278. The fraction of sp³-hybridized carbons (Fsp3) is 0.500. The molecule has 0 saturated carbocycles. The van der Waals surface area contributed by atoms with Gasteiger partial charge in [0.15, 0.2) is 5.75 Å². The Bertz CT molecular complexity index is 613. The van der Waals surface area contributed by atoms with Crippen LogP contribution < -0.4 is 10.1 Å². The lowest BCUT2D eigenvalue weighted by atomic mass is 10.3. The lowest BCUT2D eigenvalue weighted by Crippen LogP contribution is -2.51. The molecular formula is C12H17BrCl2N2O3S. The van der Waals surface area contributed by atoms with E-state index < -0.39 is 10.0 Å². The van der Waals surface area contributed by atoms with Gasteiger partial charge in [-0.25, -0.2) is 8.42 Å². The zero-order chi connectivity index (χ0) is 14.9. The molecule has 2 rings (SSSR count). The Hall–Kier alpha value is -0.0500. The van der Waals surface area contributed by atoms with E-state index in [-0.39, 0.29) is 29.1 Å². The van der Waals surface area contributed by atoms with Gasteiger partial charge in [0, 0.05) is 30.7 Å². The first-order valence-corrected chi connectivity index (χ1v) is 8.74. The SMILES string of the molecule is COc1c(Br)cc(Cl)cc1S(=O)(=O)N1CCN[C@@H](C)C1.Cl. The number of nitrogens with zero attached hydrogens (tertiary/aromatic N) is 1. The van der Waals surface area contributed by atoms with Crippen LogP contribution in [0.3, 0.4) is 0 Å². The molecule has 0 aliphatic carbocycles. The van der Waals surface area contributed by atoms with E-state index in [1.54, 1.807) is 6.07 Å². The Morgan fingerprint density at radius 3 is 2.71 bits per heavy atom. The van der Waals surface area contributed by atoms with Gasteiger partial charge in [-0.15, -0.1) is 12.4 Å². The van der Waals surface area contributed by atoms with E-state index in [4.69, 9.17) is 16.3 Å². The maximum atomic E-state index is 12.8. The number of benzene rings is 1. The van der Waals surface area contributed by atoms with Gasteiger partial charge in [-0.2, -0.15) is 4.31 Å². The molecule has 1 aliphatic heterocycles. The van der Waals surface area contributed by atoms with Gasteiger partial charge in [0.1, 0.15) is 4.90 Å². The zero-order valence-corrected chi connectivity index (χ0v) is 15.6. The van der Waals surface area contributed by atoms with E-state index in [2.05, 4.69) is 21.2 Å². The van der Waals surface area contributed by atoms with Crippen LogP contribution in [0.15, 0.2) is 21.5 Å². The second-order valence-electron chi connectivity index (χ2n) is 4.64. The normalized spacial score (nSPS) is 19.9. The van der Waals surface area contributed by atoms with E-state index in [0.29, 0.717) is 29.1 Å². The fourth-order valence-electron chi connectivity index (χ4n) is 2.18. The maximum Gasteiger partial charge on any atom is 0.246 e. The highest BCUT2D eigenvalue weighted by Gasteiger charge is 2.32. The Morgan fingerprint density at radius 1 is 1.48 bits per heavy atom. The number of nitrogens with one attached hydrogen (secondary N) is 1. The van der Waals surface area contributed by atoms with Crippen LogP contribution in [0.2, 0.25) is 5.02 Å². The molecule has 1 aliphatic rings. The smallest absolute Gasteiger partial charge is 0.246 e. The summed E-state index contributed by atoms with van der Waals surface area (Å²) in [7, 11) is -2.19. The average molecular weight is 420 g/mol. The maximum absolute atomic E-state index is 12.8. The summed E-state index contributed by atoms with van der Waals surface area (Å²) < 4.78 is 32.7. The third-order valence-corrected chi connectivity index (χ3v) is 5.81. The van der Waals surface area contributed by atoms with Gasteiger partial charge in [-0.05, 0) is 35.0 Å². The average Bonchev–Trinajstić information content (AvgIpc) is 2.38. The van der Waals surface area contributed by atoms with Gasteiger partial charge >= 0.3 is 0 Å². The van der Waals surface area contributed by atoms with Crippen molar-refractivity contribution in [2.75, 3.05) is 26.7 Å². The third-order valence-electron chi connectivity index (χ3n) is 3.13. The topological polar surface area (TPSA) is 58.6 Å². The van der Waals surface area contributed by atoms with Crippen molar-refractivity contribution in [3.8, 4) is 5.75 Å². The van der Waals surface area contributed by atoms with Crippen LogP contribution in [0.5, 0.6) is 5.75 Å². The first kappa shape index (κ1) is 19.0. The standard InChI is InChI=1S/C12H16BrClN2O3S.ClH/c1-8-7-16(4-3-15-8)20(17,18)11-6-9(14)5-10(13)12(11)19-2;/h5-6,8,15H,3-4,7H2,1-2H3;1H/t8-;/m0./s1. The van der Waals surface area contributed by atoms with E-state index in [9.17, 15) is 8.42 Å². The van der Waals surface area contributed by atoms with Crippen molar-refractivity contribution in [2.24, 2.45) is 0 Å². The highest BCUT2D eigenvalue weighted by Crippen LogP contribution is 2.36. The van der Waals surface area contributed by atoms with E-state index in [0.717, 1.165) is 0 Å². The number of ether oxygens (including phenoxy) is 1. The van der Waals surface area contributed by atoms with Crippen LogP contribution in [0, 0.1) is 0 Å². The minimum absolute atomic E-state index is 0. The lowest BCUT2D eigenvalue weighted by molar-refractivity contribution is 0.308. The van der Waals surface area contributed by atoms with Gasteiger partial charge in [-0.1, -0.05) is 11.6 Å².